The molecule has 108 valence electrons. The number of likely N-dealkylation sites (N-methyl/N-ethyl adjacent to an activating group) is 1. The molecule has 1 aromatic carbocycles. The van der Waals surface area contributed by atoms with Gasteiger partial charge in [0, 0.05) is 11.3 Å². The van der Waals surface area contributed by atoms with Crippen LogP contribution >= 0.6 is 0 Å². The Bertz CT molecular complexity index is 496. The first kappa shape index (κ1) is 14.5. The van der Waals surface area contributed by atoms with Gasteiger partial charge in [0.05, 0.1) is 33.2 Å². The number of carbonyl (C=O) groups is 2. The van der Waals surface area contributed by atoms with Gasteiger partial charge in [-0.15, -0.1) is 0 Å². The van der Waals surface area contributed by atoms with Gasteiger partial charge in [-0.2, -0.15) is 0 Å². The molecule has 0 aromatic heterocycles. The smallest absolute Gasteiger partial charge is 0.333 e. The van der Waals surface area contributed by atoms with Crippen LogP contribution in [0, 0.1) is 0 Å². The number of amides is 2. The van der Waals surface area contributed by atoms with Gasteiger partial charge < -0.3 is 10.2 Å². The van der Waals surface area contributed by atoms with Crippen molar-refractivity contribution in [2.75, 3.05) is 38.5 Å². The van der Waals surface area contributed by atoms with Crippen molar-refractivity contribution in [3.05, 3.63) is 29.8 Å². The van der Waals surface area contributed by atoms with Gasteiger partial charge in [-0.1, -0.05) is 12.1 Å². The molecule has 1 saturated heterocycles. The lowest BCUT2D eigenvalue weighted by Crippen LogP contribution is -3.12. The van der Waals surface area contributed by atoms with Crippen LogP contribution < -0.4 is 15.6 Å². The van der Waals surface area contributed by atoms with Crippen LogP contribution in [0.2, 0.25) is 0 Å². The number of anilines is 1. The first-order valence-corrected chi connectivity index (χ1v) is 6.79. The van der Waals surface area contributed by atoms with E-state index < -0.39 is 0 Å². The second-order valence-corrected chi connectivity index (χ2v) is 5.15. The number of ketones is 1. The Hall–Kier alpha value is -1.92. The van der Waals surface area contributed by atoms with E-state index >= 15 is 0 Å². The minimum absolute atomic E-state index is 0.0175. The van der Waals surface area contributed by atoms with E-state index in [4.69, 9.17) is 0 Å². The summed E-state index contributed by atoms with van der Waals surface area (Å²) in [5, 5.41) is 4.66. The molecule has 20 heavy (non-hydrogen) atoms. The summed E-state index contributed by atoms with van der Waals surface area (Å²) in [4.78, 5) is 24.6. The normalized spacial score (nSPS) is 16.7. The molecule has 0 spiro atoms. The highest BCUT2D eigenvalue weighted by Gasteiger charge is 2.18. The third kappa shape index (κ3) is 4.04. The van der Waals surface area contributed by atoms with E-state index in [0.29, 0.717) is 11.3 Å². The Morgan fingerprint density at radius 1 is 1.25 bits per heavy atom. The zero-order valence-electron chi connectivity index (χ0n) is 11.9. The van der Waals surface area contributed by atoms with Gasteiger partial charge >= 0.3 is 6.03 Å². The van der Waals surface area contributed by atoms with Crippen LogP contribution in [0.25, 0.3) is 0 Å². The summed E-state index contributed by atoms with van der Waals surface area (Å²) in [6, 6.07) is 6.65. The molecule has 0 aliphatic carbocycles. The fourth-order valence-corrected chi connectivity index (χ4v) is 2.12. The third-order valence-corrected chi connectivity index (χ3v) is 3.40. The molecule has 0 atom stereocenters. The molecule has 1 aliphatic heterocycles. The summed E-state index contributed by atoms with van der Waals surface area (Å²) in [6.45, 7) is 5.21. The molecule has 1 aromatic rings. The van der Waals surface area contributed by atoms with Gasteiger partial charge in [0.1, 0.15) is 0 Å². The molecule has 0 saturated carbocycles. The number of rotatable bonds is 3. The number of hydrazine groups is 1. The highest BCUT2D eigenvalue weighted by Crippen LogP contribution is 2.10. The zero-order valence-corrected chi connectivity index (χ0v) is 11.9. The van der Waals surface area contributed by atoms with E-state index in [1.807, 2.05) is 5.01 Å². The number of nitrogens with one attached hydrogen (secondary N) is 3. The van der Waals surface area contributed by atoms with Crippen molar-refractivity contribution in [1.82, 2.24) is 10.4 Å². The summed E-state index contributed by atoms with van der Waals surface area (Å²) in [5.74, 6) is -0.0175. The molecule has 0 radical (unpaired) electrons. The average molecular weight is 277 g/mol. The monoisotopic (exact) mass is 277 g/mol. The average Bonchev–Trinajstić information content (AvgIpc) is 2.41. The van der Waals surface area contributed by atoms with Crippen molar-refractivity contribution < 1.29 is 14.5 Å². The molecule has 6 nitrogen and oxygen atoms in total. The largest absolute Gasteiger partial charge is 0.335 e. The molecule has 1 heterocycles. The number of hydrogen-bond acceptors (Lipinski definition) is 3. The maximum absolute atomic E-state index is 11.9. The van der Waals surface area contributed by atoms with Crippen molar-refractivity contribution in [1.29, 1.82) is 0 Å². The standard InChI is InChI=1S/C14H20N4O2/c1-11(19)12-4-3-5-13(10-12)15-14(20)16-18-8-6-17(2)7-9-18/h3-5,10H,6-9H2,1-2H3,(H2,15,16,20)/p+1. The van der Waals surface area contributed by atoms with Gasteiger partial charge in [0.25, 0.3) is 0 Å². The lowest BCUT2D eigenvalue weighted by Gasteiger charge is -2.30. The molecule has 0 bridgehead atoms. The van der Waals surface area contributed by atoms with E-state index in [1.54, 1.807) is 24.3 Å². The van der Waals surface area contributed by atoms with Crippen molar-refractivity contribution in [2.45, 2.75) is 6.92 Å². The third-order valence-electron chi connectivity index (χ3n) is 3.40. The predicted octanol–water partition coefficient (Wildman–Crippen LogP) is -0.244. The number of Topliss-reactive ketones (excluding diaryl/α,β-unsaturated/α-hetero) is 1. The van der Waals surface area contributed by atoms with Gasteiger partial charge in [0.2, 0.25) is 0 Å². The van der Waals surface area contributed by atoms with Crippen LogP contribution in [0.3, 0.4) is 0 Å². The fourth-order valence-electron chi connectivity index (χ4n) is 2.12. The van der Waals surface area contributed by atoms with Crippen molar-refractivity contribution in [3.63, 3.8) is 0 Å². The number of urea groups is 1. The second kappa shape index (κ2) is 6.49. The second-order valence-electron chi connectivity index (χ2n) is 5.15. The lowest BCUT2D eigenvalue weighted by atomic mass is 10.1. The van der Waals surface area contributed by atoms with Gasteiger partial charge in [-0.3, -0.25) is 10.2 Å². The van der Waals surface area contributed by atoms with Crippen molar-refractivity contribution in [2.24, 2.45) is 0 Å². The quantitative estimate of drug-likeness (QED) is 0.668. The molecule has 3 N–H and O–H groups in total. The van der Waals surface area contributed by atoms with Crippen LogP contribution in [-0.2, 0) is 0 Å². The van der Waals surface area contributed by atoms with Crippen LogP contribution in [-0.4, -0.2) is 50.0 Å². The Morgan fingerprint density at radius 3 is 2.60 bits per heavy atom. The number of benzene rings is 1. The summed E-state index contributed by atoms with van der Waals surface area (Å²) < 4.78 is 0. The molecule has 1 aliphatic rings. The summed E-state index contributed by atoms with van der Waals surface area (Å²) in [7, 11) is 2.14. The number of nitrogens with zero attached hydrogens (tertiary/aromatic N) is 1. The number of quaternary nitrogens is 1. The van der Waals surface area contributed by atoms with Crippen LogP contribution in [0.4, 0.5) is 10.5 Å². The topological polar surface area (TPSA) is 65.9 Å². The van der Waals surface area contributed by atoms with Crippen molar-refractivity contribution >= 4 is 17.5 Å². The van der Waals surface area contributed by atoms with E-state index in [9.17, 15) is 9.59 Å². The Balaban J connectivity index is 1.88. The first-order valence-electron chi connectivity index (χ1n) is 6.79. The Labute approximate surface area is 118 Å². The minimum atomic E-state index is -0.273. The Kier molecular flexibility index (Phi) is 4.70. The van der Waals surface area contributed by atoms with Crippen LogP contribution in [0.1, 0.15) is 17.3 Å². The zero-order chi connectivity index (χ0) is 14.5. The fraction of sp³-hybridized carbons (Fsp3) is 0.429. The molecule has 0 unspecified atom stereocenters. The highest BCUT2D eigenvalue weighted by atomic mass is 16.2. The molecule has 2 amide bonds. The van der Waals surface area contributed by atoms with E-state index in [-0.39, 0.29) is 11.8 Å². The number of carbonyl (C=O) groups excluding carboxylic acids is 2. The Morgan fingerprint density at radius 2 is 1.95 bits per heavy atom. The molecular weight excluding hydrogens is 256 g/mol. The summed E-state index contributed by atoms with van der Waals surface area (Å²) in [5.41, 5.74) is 4.03. The highest BCUT2D eigenvalue weighted by molar-refractivity contribution is 5.96. The molecule has 6 heteroatoms. The van der Waals surface area contributed by atoms with E-state index in [2.05, 4.69) is 17.8 Å². The number of piperazine rings is 1. The molecule has 2 rings (SSSR count). The lowest BCUT2D eigenvalue weighted by molar-refractivity contribution is -0.884. The maximum atomic E-state index is 11.9. The number of hydrogen-bond donors (Lipinski definition) is 3. The van der Waals surface area contributed by atoms with Gasteiger partial charge in [0.15, 0.2) is 5.78 Å². The predicted molar refractivity (Wildman–Crippen MR) is 76.8 cm³/mol. The van der Waals surface area contributed by atoms with E-state index in [0.717, 1.165) is 26.2 Å². The summed E-state index contributed by atoms with van der Waals surface area (Å²) in [6.07, 6.45) is 0. The van der Waals surface area contributed by atoms with Crippen LogP contribution in [0.15, 0.2) is 24.3 Å². The molecular formula is C14H21N4O2+. The van der Waals surface area contributed by atoms with Gasteiger partial charge in [-0.05, 0) is 19.1 Å². The van der Waals surface area contributed by atoms with Crippen molar-refractivity contribution in [3.8, 4) is 0 Å². The van der Waals surface area contributed by atoms with E-state index in [1.165, 1.54) is 11.8 Å². The summed E-state index contributed by atoms with van der Waals surface area (Å²) >= 11 is 0. The van der Waals surface area contributed by atoms with Crippen LogP contribution in [0.5, 0.6) is 0 Å². The van der Waals surface area contributed by atoms with Gasteiger partial charge in [-0.25, -0.2) is 9.80 Å². The SMILES string of the molecule is CC(=O)c1cccc(NC(=O)NN2CC[NH+](C)CC2)c1. The first-order chi connectivity index (χ1) is 9.54. The minimum Gasteiger partial charge on any atom is -0.335 e. The maximum Gasteiger partial charge on any atom is 0.333 e. The molecule has 1 fully saturated rings.